The maximum atomic E-state index is 11.9. The van der Waals surface area contributed by atoms with Gasteiger partial charge in [-0.15, -0.1) is 0 Å². The SMILES string of the molecule is O=S(=O)(CCC1CC1)N1CCCCCO1. The fraction of sp³-hybridized carbons (Fsp3) is 1.00. The second-order valence-corrected chi connectivity index (χ2v) is 6.45. The second kappa shape index (κ2) is 4.80. The van der Waals surface area contributed by atoms with Gasteiger partial charge in [-0.3, -0.25) is 4.84 Å². The average molecular weight is 233 g/mol. The topological polar surface area (TPSA) is 46.6 Å². The third-order valence-electron chi connectivity index (χ3n) is 3.01. The Hall–Kier alpha value is -0.130. The van der Waals surface area contributed by atoms with Crippen LogP contribution in [0.4, 0.5) is 0 Å². The summed E-state index contributed by atoms with van der Waals surface area (Å²) >= 11 is 0. The van der Waals surface area contributed by atoms with Crippen molar-refractivity contribution in [3.8, 4) is 0 Å². The van der Waals surface area contributed by atoms with Crippen LogP contribution in [0.15, 0.2) is 0 Å². The van der Waals surface area contributed by atoms with Crippen LogP contribution in [0.2, 0.25) is 0 Å². The molecule has 1 saturated heterocycles. The van der Waals surface area contributed by atoms with Crippen molar-refractivity contribution in [2.75, 3.05) is 18.9 Å². The van der Waals surface area contributed by atoms with Crippen LogP contribution < -0.4 is 0 Å². The van der Waals surface area contributed by atoms with Crippen molar-refractivity contribution in [1.82, 2.24) is 4.47 Å². The van der Waals surface area contributed by atoms with E-state index in [1.165, 1.54) is 17.3 Å². The van der Waals surface area contributed by atoms with E-state index in [0.29, 0.717) is 19.1 Å². The summed E-state index contributed by atoms with van der Waals surface area (Å²) in [5, 5.41) is 0. The lowest BCUT2D eigenvalue weighted by atomic mass is 10.2. The largest absolute Gasteiger partial charge is 0.284 e. The van der Waals surface area contributed by atoms with Crippen molar-refractivity contribution in [2.45, 2.75) is 38.5 Å². The first-order valence-electron chi connectivity index (χ1n) is 5.82. The summed E-state index contributed by atoms with van der Waals surface area (Å²) in [6.45, 7) is 1.08. The first kappa shape index (κ1) is 11.4. The molecule has 0 spiro atoms. The number of hydrogen-bond donors (Lipinski definition) is 0. The summed E-state index contributed by atoms with van der Waals surface area (Å²) in [7, 11) is -3.15. The predicted molar refractivity (Wildman–Crippen MR) is 57.6 cm³/mol. The van der Waals surface area contributed by atoms with Gasteiger partial charge < -0.3 is 0 Å². The smallest absolute Gasteiger partial charge is 0.236 e. The summed E-state index contributed by atoms with van der Waals surface area (Å²) in [5.41, 5.74) is 0. The van der Waals surface area contributed by atoms with E-state index in [-0.39, 0.29) is 5.75 Å². The van der Waals surface area contributed by atoms with E-state index in [0.717, 1.165) is 25.7 Å². The highest BCUT2D eigenvalue weighted by Crippen LogP contribution is 2.33. The number of hydrogen-bond acceptors (Lipinski definition) is 3. The minimum absolute atomic E-state index is 0.262. The van der Waals surface area contributed by atoms with E-state index in [9.17, 15) is 8.42 Å². The lowest BCUT2D eigenvalue weighted by Crippen LogP contribution is -2.33. The molecular weight excluding hydrogens is 214 g/mol. The first-order chi connectivity index (χ1) is 7.18. The highest BCUT2D eigenvalue weighted by molar-refractivity contribution is 7.88. The molecule has 2 aliphatic rings. The molecule has 0 unspecified atom stereocenters. The Bertz CT molecular complexity index is 290. The van der Waals surface area contributed by atoms with Crippen LogP contribution in [-0.4, -0.2) is 31.8 Å². The molecule has 0 N–H and O–H groups in total. The van der Waals surface area contributed by atoms with Gasteiger partial charge in [0.25, 0.3) is 0 Å². The molecule has 0 aromatic carbocycles. The van der Waals surface area contributed by atoms with Gasteiger partial charge in [0, 0.05) is 6.54 Å². The standard InChI is InChI=1S/C10H19NO3S/c12-15(13,9-6-10-4-5-10)11-7-2-1-3-8-14-11/h10H,1-9H2. The molecule has 2 rings (SSSR count). The summed E-state index contributed by atoms with van der Waals surface area (Å²) in [5.74, 6) is 0.921. The molecule has 0 radical (unpaired) electrons. The molecule has 1 aliphatic heterocycles. The van der Waals surface area contributed by atoms with E-state index >= 15 is 0 Å². The van der Waals surface area contributed by atoms with Crippen LogP contribution in [0.5, 0.6) is 0 Å². The minimum Gasteiger partial charge on any atom is -0.284 e. The Kier molecular flexibility index (Phi) is 3.64. The van der Waals surface area contributed by atoms with Crippen LogP contribution in [0.1, 0.15) is 38.5 Å². The first-order valence-corrected chi connectivity index (χ1v) is 7.43. The Balaban J connectivity index is 1.86. The summed E-state index contributed by atoms with van der Waals surface area (Å²) < 4.78 is 25.0. The van der Waals surface area contributed by atoms with Gasteiger partial charge in [0.1, 0.15) is 0 Å². The van der Waals surface area contributed by atoms with Crippen LogP contribution in [0.3, 0.4) is 0 Å². The number of hydroxylamine groups is 1. The molecular formula is C10H19NO3S. The number of sulfonamides is 1. The fourth-order valence-corrected chi connectivity index (χ4v) is 3.27. The molecule has 4 nitrogen and oxygen atoms in total. The summed E-state index contributed by atoms with van der Waals surface area (Å²) in [6, 6.07) is 0. The molecule has 2 fully saturated rings. The summed E-state index contributed by atoms with van der Waals surface area (Å²) in [4.78, 5) is 5.27. The van der Waals surface area contributed by atoms with Crippen LogP contribution in [0, 0.1) is 5.92 Å². The molecule has 1 saturated carbocycles. The molecule has 0 amide bonds. The lowest BCUT2D eigenvalue weighted by Gasteiger charge is -2.18. The molecule has 0 atom stereocenters. The maximum Gasteiger partial charge on any atom is 0.236 e. The van der Waals surface area contributed by atoms with Gasteiger partial charge in [-0.05, 0) is 31.6 Å². The quantitative estimate of drug-likeness (QED) is 0.740. The van der Waals surface area contributed by atoms with Crippen molar-refractivity contribution in [3.63, 3.8) is 0 Å². The molecule has 88 valence electrons. The highest BCUT2D eigenvalue weighted by Gasteiger charge is 2.28. The van der Waals surface area contributed by atoms with Crippen molar-refractivity contribution in [1.29, 1.82) is 0 Å². The molecule has 0 bridgehead atoms. The Morgan fingerprint density at radius 1 is 1.20 bits per heavy atom. The molecule has 1 heterocycles. The van der Waals surface area contributed by atoms with Gasteiger partial charge in [0.05, 0.1) is 12.4 Å². The second-order valence-electron chi connectivity index (χ2n) is 4.47. The minimum atomic E-state index is -3.15. The number of rotatable bonds is 4. The van der Waals surface area contributed by atoms with Crippen molar-refractivity contribution < 1.29 is 13.3 Å². The maximum absolute atomic E-state index is 11.9. The third kappa shape index (κ3) is 3.43. The van der Waals surface area contributed by atoms with Gasteiger partial charge in [-0.1, -0.05) is 17.3 Å². The Labute approximate surface area is 91.6 Å². The van der Waals surface area contributed by atoms with Crippen molar-refractivity contribution in [3.05, 3.63) is 0 Å². The van der Waals surface area contributed by atoms with E-state index in [2.05, 4.69) is 0 Å². The van der Waals surface area contributed by atoms with Crippen LogP contribution >= 0.6 is 0 Å². The van der Waals surface area contributed by atoms with E-state index in [4.69, 9.17) is 4.84 Å². The van der Waals surface area contributed by atoms with Crippen LogP contribution in [0.25, 0.3) is 0 Å². The fourth-order valence-electron chi connectivity index (χ4n) is 1.79. The zero-order valence-electron chi connectivity index (χ0n) is 9.02. The third-order valence-corrected chi connectivity index (χ3v) is 4.67. The molecule has 15 heavy (non-hydrogen) atoms. The van der Waals surface area contributed by atoms with Crippen molar-refractivity contribution in [2.24, 2.45) is 5.92 Å². The van der Waals surface area contributed by atoms with Gasteiger partial charge in [-0.25, -0.2) is 8.42 Å². The zero-order chi connectivity index (χ0) is 10.7. The zero-order valence-corrected chi connectivity index (χ0v) is 9.84. The molecule has 5 heteroatoms. The van der Waals surface area contributed by atoms with Gasteiger partial charge in [-0.2, -0.15) is 0 Å². The van der Waals surface area contributed by atoms with Crippen molar-refractivity contribution >= 4 is 10.0 Å². The number of nitrogens with zero attached hydrogens (tertiary/aromatic N) is 1. The Morgan fingerprint density at radius 2 is 2.00 bits per heavy atom. The predicted octanol–water partition coefficient (Wildman–Crippen LogP) is 1.53. The van der Waals surface area contributed by atoms with Gasteiger partial charge >= 0.3 is 0 Å². The molecule has 0 aromatic heterocycles. The van der Waals surface area contributed by atoms with Crippen LogP contribution in [-0.2, 0) is 14.9 Å². The molecule has 0 aromatic rings. The Morgan fingerprint density at radius 3 is 2.73 bits per heavy atom. The molecule has 1 aliphatic carbocycles. The van der Waals surface area contributed by atoms with E-state index < -0.39 is 10.0 Å². The van der Waals surface area contributed by atoms with Gasteiger partial charge in [0.2, 0.25) is 10.0 Å². The van der Waals surface area contributed by atoms with E-state index in [1.54, 1.807) is 0 Å². The summed E-state index contributed by atoms with van der Waals surface area (Å²) in [6.07, 6.45) is 6.17. The monoisotopic (exact) mass is 233 g/mol. The average Bonchev–Trinajstić information content (AvgIpc) is 3.03. The highest BCUT2D eigenvalue weighted by atomic mass is 32.2. The lowest BCUT2D eigenvalue weighted by molar-refractivity contribution is -0.0748. The normalized spacial score (nSPS) is 25.1. The van der Waals surface area contributed by atoms with Gasteiger partial charge in [0.15, 0.2) is 0 Å². The van der Waals surface area contributed by atoms with E-state index in [1.807, 2.05) is 0 Å².